The SMILES string of the molecule is CCCc1ccc(Oc2cc(CNC3CC3)ccn2)cc1. The maximum atomic E-state index is 5.84. The van der Waals surface area contributed by atoms with Gasteiger partial charge in [-0.05, 0) is 48.6 Å². The Morgan fingerprint density at radius 2 is 1.95 bits per heavy atom. The number of nitrogens with one attached hydrogen (secondary N) is 1. The van der Waals surface area contributed by atoms with E-state index in [4.69, 9.17) is 4.74 Å². The van der Waals surface area contributed by atoms with Crippen molar-refractivity contribution in [3.05, 3.63) is 53.7 Å². The van der Waals surface area contributed by atoms with Gasteiger partial charge < -0.3 is 10.1 Å². The second kappa shape index (κ2) is 6.72. The largest absolute Gasteiger partial charge is 0.439 e. The monoisotopic (exact) mass is 282 g/mol. The first-order chi connectivity index (χ1) is 10.3. The Hall–Kier alpha value is -1.87. The summed E-state index contributed by atoms with van der Waals surface area (Å²) in [4.78, 5) is 4.29. The van der Waals surface area contributed by atoms with Crippen LogP contribution in [0, 0.1) is 0 Å². The van der Waals surface area contributed by atoms with E-state index in [9.17, 15) is 0 Å². The molecule has 0 saturated heterocycles. The highest BCUT2D eigenvalue weighted by atomic mass is 16.5. The van der Waals surface area contributed by atoms with Crippen molar-refractivity contribution in [1.82, 2.24) is 10.3 Å². The van der Waals surface area contributed by atoms with Gasteiger partial charge >= 0.3 is 0 Å². The van der Waals surface area contributed by atoms with Crippen molar-refractivity contribution in [2.45, 2.75) is 45.2 Å². The van der Waals surface area contributed by atoms with Crippen LogP contribution in [-0.4, -0.2) is 11.0 Å². The van der Waals surface area contributed by atoms with E-state index in [1.165, 1.54) is 24.0 Å². The van der Waals surface area contributed by atoms with Crippen LogP contribution in [0.25, 0.3) is 0 Å². The minimum Gasteiger partial charge on any atom is -0.439 e. The lowest BCUT2D eigenvalue weighted by Gasteiger charge is -2.08. The maximum Gasteiger partial charge on any atom is 0.219 e. The molecular weight excluding hydrogens is 260 g/mol. The summed E-state index contributed by atoms with van der Waals surface area (Å²) in [5.41, 5.74) is 2.56. The van der Waals surface area contributed by atoms with Gasteiger partial charge in [0.05, 0.1) is 0 Å². The van der Waals surface area contributed by atoms with E-state index in [0.29, 0.717) is 11.9 Å². The van der Waals surface area contributed by atoms with Crippen LogP contribution < -0.4 is 10.1 Å². The van der Waals surface area contributed by atoms with Crippen molar-refractivity contribution < 1.29 is 4.74 Å². The molecule has 3 rings (SSSR count). The summed E-state index contributed by atoms with van der Waals surface area (Å²) in [6, 6.07) is 13.0. The number of aromatic nitrogens is 1. The summed E-state index contributed by atoms with van der Waals surface area (Å²) < 4.78 is 5.84. The number of pyridine rings is 1. The molecule has 1 aliphatic rings. The molecule has 0 unspecified atom stereocenters. The second-order valence-corrected chi connectivity index (χ2v) is 5.65. The summed E-state index contributed by atoms with van der Waals surface area (Å²) in [7, 11) is 0. The molecule has 1 fully saturated rings. The number of hydrogen-bond donors (Lipinski definition) is 1. The van der Waals surface area contributed by atoms with Crippen LogP contribution in [0.4, 0.5) is 0 Å². The molecule has 0 amide bonds. The highest BCUT2D eigenvalue weighted by Gasteiger charge is 2.19. The molecule has 21 heavy (non-hydrogen) atoms. The van der Waals surface area contributed by atoms with Crippen molar-refractivity contribution in [2.75, 3.05) is 0 Å². The average molecular weight is 282 g/mol. The minimum atomic E-state index is 0.660. The molecule has 1 aromatic carbocycles. The molecule has 3 nitrogen and oxygen atoms in total. The Bertz CT molecular complexity index is 576. The van der Waals surface area contributed by atoms with Gasteiger partial charge in [-0.3, -0.25) is 0 Å². The molecule has 3 heteroatoms. The topological polar surface area (TPSA) is 34.1 Å². The van der Waals surface area contributed by atoms with E-state index in [-0.39, 0.29) is 0 Å². The molecule has 1 aliphatic carbocycles. The molecule has 1 aromatic heterocycles. The molecule has 1 heterocycles. The Balaban J connectivity index is 1.61. The third kappa shape index (κ3) is 4.30. The van der Waals surface area contributed by atoms with Crippen LogP contribution in [0.15, 0.2) is 42.6 Å². The van der Waals surface area contributed by atoms with Gasteiger partial charge in [0.25, 0.3) is 0 Å². The Morgan fingerprint density at radius 3 is 2.67 bits per heavy atom. The van der Waals surface area contributed by atoms with Gasteiger partial charge in [-0.25, -0.2) is 4.98 Å². The van der Waals surface area contributed by atoms with Crippen molar-refractivity contribution >= 4 is 0 Å². The van der Waals surface area contributed by atoms with E-state index in [1.807, 2.05) is 30.5 Å². The summed E-state index contributed by atoms with van der Waals surface area (Å²) in [5.74, 6) is 1.50. The molecule has 0 atom stereocenters. The molecule has 0 aliphatic heterocycles. The van der Waals surface area contributed by atoms with Crippen LogP contribution in [0.5, 0.6) is 11.6 Å². The van der Waals surface area contributed by atoms with Gasteiger partial charge in [-0.15, -0.1) is 0 Å². The zero-order chi connectivity index (χ0) is 14.5. The van der Waals surface area contributed by atoms with Crippen molar-refractivity contribution in [2.24, 2.45) is 0 Å². The zero-order valence-electron chi connectivity index (χ0n) is 12.5. The first-order valence-electron chi connectivity index (χ1n) is 7.78. The molecule has 0 radical (unpaired) electrons. The average Bonchev–Trinajstić information content (AvgIpc) is 3.32. The third-order valence-electron chi connectivity index (χ3n) is 3.66. The molecule has 1 saturated carbocycles. The fourth-order valence-corrected chi connectivity index (χ4v) is 2.30. The van der Waals surface area contributed by atoms with Gasteiger partial charge in [0.2, 0.25) is 5.88 Å². The number of aryl methyl sites for hydroxylation is 1. The lowest BCUT2D eigenvalue weighted by molar-refractivity contribution is 0.461. The zero-order valence-corrected chi connectivity index (χ0v) is 12.5. The molecule has 0 bridgehead atoms. The van der Waals surface area contributed by atoms with Gasteiger partial charge in [0.1, 0.15) is 5.75 Å². The van der Waals surface area contributed by atoms with E-state index < -0.39 is 0 Å². The number of ether oxygens (including phenoxy) is 1. The standard InChI is InChI=1S/C18H22N2O/c1-2-3-14-4-8-17(9-5-14)21-18-12-15(10-11-19-18)13-20-16-6-7-16/h4-5,8-12,16,20H,2-3,6-7,13H2,1H3. The summed E-state index contributed by atoms with van der Waals surface area (Å²) in [6.45, 7) is 3.08. The van der Waals surface area contributed by atoms with E-state index in [1.54, 1.807) is 0 Å². The highest BCUT2D eigenvalue weighted by molar-refractivity contribution is 5.31. The molecular formula is C18H22N2O. The molecule has 1 N–H and O–H groups in total. The Kier molecular flexibility index (Phi) is 4.51. The minimum absolute atomic E-state index is 0.660. The van der Waals surface area contributed by atoms with Crippen molar-refractivity contribution in [1.29, 1.82) is 0 Å². The predicted molar refractivity (Wildman–Crippen MR) is 84.6 cm³/mol. The summed E-state index contributed by atoms with van der Waals surface area (Å²) >= 11 is 0. The summed E-state index contributed by atoms with van der Waals surface area (Å²) in [5, 5.41) is 3.50. The second-order valence-electron chi connectivity index (χ2n) is 5.65. The normalized spacial score (nSPS) is 14.1. The quantitative estimate of drug-likeness (QED) is 0.831. The number of rotatable bonds is 7. The maximum absolute atomic E-state index is 5.84. The van der Waals surface area contributed by atoms with Crippen LogP contribution >= 0.6 is 0 Å². The Labute approximate surface area is 126 Å². The van der Waals surface area contributed by atoms with Crippen LogP contribution in [-0.2, 0) is 13.0 Å². The Morgan fingerprint density at radius 1 is 1.14 bits per heavy atom. The number of nitrogens with zero attached hydrogens (tertiary/aromatic N) is 1. The fourth-order valence-electron chi connectivity index (χ4n) is 2.30. The lowest BCUT2D eigenvalue weighted by Crippen LogP contribution is -2.15. The first kappa shape index (κ1) is 14.1. The van der Waals surface area contributed by atoms with Gasteiger partial charge in [-0.1, -0.05) is 25.5 Å². The van der Waals surface area contributed by atoms with Gasteiger partial charge in [0, 0.05) is 24.8 Å². The highest BCUT2D eigenvalue weighted by Crippen LogP contribution is 2.22. The molecule has 0 spiro atoms. The molecule has 2 aromatic rings. The van der Waals surface area contributed by atoms with Crippen LogP contribution in [0.2, 0.25) is 0 Å². The summed E-state index contributed by atoms with van der Waals surface area (Å²) in [6.07, 6.45) is 6.69. The van der Waals surface area contributed by atoms with Crippen LogP contribution in [0.1, 0.15) is 37.3 Å². The third-order valence-corrected chi connectivity index (χ3v) is 3.66. The molecule has 110 valence electrons. The van der Waals surface area contributed by atoms with Crippen LogP contribution in [0.3, 0.4) is 0 Å². The van der Waals surface area contributed by atoms with E-state index in [0.717, 1.165) is 25.1 Å². The van der Waals surface area contributed by atoms with Crippen molar-refractivity contribution in [3.63, 3.8) is 0 Å². The van der Waals surface area contributed by atoms with Gasteiger partial charge in [0.15, 0.2) is 0 Å². The van der Waals surface area contributed by atoms with Crippen molar-refractivity contribution in [3.8, 4) is 11.6 Å². The van der Waals surface area contributed by atoms with E-state index >= 15 is 0 Å². The number of hydrogen-bond acceptors (Lipinski definition) is 3. The lowest BCUT2D eigenvalue weighted by atomic mass is 10.1. The predicted octanol–water partition coefficient (Wildman–Crippen LogP) is 4.08. The van der Waals surface area contributed by atoms with E-state index in [2.05, 4.69) is 29.4 Å². The first-order valence-corrected chi connectivity index (χ1v) is 7.78. The fraction of sp³-hybridized carbons (Fsp3) is 0.389. The smallest absolute Gasteiger partial charge is 0.219 e. The number of benzene rings is 1. The van der Waals surface area contributed by atoms with Gasteiger partial charge in [-0.2, -0.15) is 0 Å².